The van der Waals surface area contributed by atoms with Gasteiger partial charge in [0.1, 0.15) is 12.6 Å². The average Bonchev–Trinajstić information content (AvgIpc) is 2.97. The van der Waals surface area contributed by atoms with Crippen LogP contribution in [0.15, 0.2) is 108 Å². The molecular formula is C36H40ClN3O4S. The Hall–Kier alpha value is -4.14. The molecular weight excluding hydrogens is 606 g/mol. The van der Waals surface area contributed by atoms with E-state index in [1.165, 1.54) is 23.1 Å². The topological polar surface area (TPSA) is 86.8 Å². The van der Waals surface area contributed by atoms with Crippen LogP contribution < -0.4 is 9.62 Å². The summed E-state index contributed by atoms with van der Waals surface area (Å²) >= 11 is 6.30. The second-order valence-corrected chi connectivity index (χ2v) is 14.6. The summed E-state index contributed by atoms with van der Waals surface area (Å²) in [6.45, 7) is 9.02. The lowest BCUT2D eigenvalue weighted by molar-refractivity contribution is -0.140. The maximum absolute atomic E-state index is 14.5. The summed E-state index contributed by atoms with van der Waals surface area (Å²) in [6, 6.07) is 29.1. The molecule has 2 amide bonds. The number of benzene rings is 4. The maximum Gasteiger partial charge on any atom is 0.264 e. The molecule has 0 aromatic heterocycles. The van der Waals surface area contributed by atoms with Crippen LogP contribution in [0.3, 0.4) is 0 Å². The van der Waals surface area contributed by atoms with Gasteiger partial charge in [-0.05, 0) is 76.1 Å². The zero-order chi connectivity index (χ0) is 32.8. The van der Waals surface area contributed by atoms with Crippen molar-refractivity contribution in [3.05, 3.63) is 130 Å². The molecule has 45 heavy (non-hydrogen) atoms. The van der Waals surface area contributed by atoms with Crippen molar-refractivity contribution in [2.24, 2.45) is 0 Å². The number of sulfonamides is 1. The Bertz CT molecular complexity index is 1740. The molecule has 1 N–H and O–H groups in total. The lowest BCUT2D eigenvalue weighted by Gasteiger charge is -2.35. The van der Waals surface area contributed by atoms with Gasteiger partial charge in [0.15, 0.2) is 0 Å². The first-order valence-corrected chi connectivity index (χ1v) is 16.6. The molecule has 0 bridgehead atoms. The van der Waals surface area contributed by atoms with Crippen LogP contribution in [0.5, 0.6) is 0 Å². The summed E-state index contributed by atoms with van der Waals surface area (Å²) in [5.74, 6) is -0.861. The van der Waals surface area contributed by atoms with Crippen molar-refractivity contribution in [3.63, 3.8) is 0 Å². The molecule has 7 nitrogen and oxygen atoms in total. The van der Waals surface area contributed by atoms with Gasteiger partial charge in [-0.15, -0.1) is 0 Å². The van der Waals surface area contributed by atoms with Crippen LogP contribution in [0.1, 0.15) is 43.0 Å². The first-order chi connectivity index (χ1) is 21.2. The minimum atomic E-state index is -4.20. The largest absolute Gasteiger partial charge is 0.350 e. The van der Waals surface area contributed by atoms with Crippen molar-refractivity contribution < 1.29 is 18.0 Å². The van der Waals surface area contributed by atoms with E-state index in [1.807, 2.05) is 89.2 Å². The molecule has 0 aliphatic heterocycles. The van der Waals surface area contributed by atoms with Crippen LogP contribution in [0.2, 0.25) is 5.02 Å². The summed E-state index contributed by atoms with van der Waals surface area (Å²) in [7, 11) is -4.20. The number of nitrogens with one attached hydrogen (secondary N) is 1. The molecule has 236 valence electrons. The van der Waals surface area contributed by atoms with Gasteiger partial charge in [-0.25, -0.2) is 8.42 Å². The molecule has 0 heterocycles. The second kappa shape index (κ2) is 14.3. The van der Waals surface area contributed by atoms with Crippen LogP contribution in [-0.4, -0.2) is 43.3 Å². The van der Waals surface area contributed by atoms with E-state index in [-0.39, 0.29) is 29.5 Å². The molecule has 0 aliphatic carbocycles. The normalized spacial score (nSPS) is 12.3. The van der Waals surface area contributed by atoms with Crippen molar-refractivity contribution in [3.8, 4) is 0 Å². The number of amides is 2. The van der Waals surface area contributed by atoms with E-state index in [4.69, 9.17) is 11.6 Å². The third kappa shape index (κ3) is 9.19. The Morgan fingerprint density at radius 1 is 0.800 bits per heavy atom. The molecule has 0 spiro atoms. The molecule has 9 heteroatoms. The van der Waals surface area contributed by atoms with Crippen molar-refractivity contribution in [1.82, 2.24) is 10.2 Å². The van der Waals surface area contributed by atoms with Crippen molar-refractivity contribution in [2.75, 3.05) is 10.8 Å². The molecule has 1 atom stereocenters. The highest BCUT2D eigenvalue weighted by atomic mass is 35.5. The summed E-state index contributed by atoms with van der Waals surface area (Å²) in [6.07, 6.45) is 0.238. The molecule has 0 unspecified atom stereocenters. The van der Waals surface area contributed by atoms with Gasteiger partial charge in [0, 0.05) is 23.5 Å². The first kappa shape index (κ1) is 33.7. The molecule has 4 aromatic rings. The lowest BCUT2D eigenvalue weighted by atomic mass is 10.0. The molecule has 0 aliphatic rings. The highest BCUT2D eigenvalue weighted by Gasteiger charge is 2.35. The average molecular weight is 646 g/mol. The fraction of sp³-hybridized carbons (Fsp3) is 0.278. The smallest absolute Gasteiger partial charge is 0.264 e. The quantitative estimate of drug-likeness (QED) is 0.197. The third-order valence-corrected chi connectivity index (χ3v) is 9.21. The summed E-state index contributed by atoms with van der Waals surface area (Å²) in [5.41, 5.74) is 3.27. The van der Waals surface area contributed by atoms with Crippen molar-refractivity contribution in [1.29, 1.82) is 0 Å². The van der Waals surface area contributed by atoms with Gasteiger partial charge >= 0.3 is 0 Å². The van der Waals surface area contributed by atoms with Gasteiger partial charge in [-0.1, -0.05) is 95.5 Å². The Kier molecular flexibility index (Phi) is 10.7. The van der Waals surface area contributed by atoms with Crippen LogP contribution in [0.4, 0.5) is 5.69 Å². The van der Waals surface area contributed by atoms with E-state index in [2.05, 4.69) is 5.32 Å². The minimum absolute atomic E-state index is 0.0393. The fourth-order valence-electron chi connectivity index (χ4n) is 5.01. The number of carbonyl (C=O) groups is 2. The van der Waals surface area contributed by atoms with Crippen LogP contribution >= 0.6 is 11.6 Å². The maximum atomic E-state index is 14.5. The first-order valence-electron chi connectivity index (χ1n) is 14.8. The lowest BCUT2D eigenvalue weighted by Crippen LogP contribution is -2.56. The predicted octanol–water partition coefficient (Wildman–Crippen LogP) is 6.71. The fourth-order valence-corrected chi connectivity index (χ4v) is 6.60. The molecule has 4 rings (SSSR count). The molecule has 0 saturated heterocycles. The van der Waals surface area contributed by atoms with Gasteiger partial charge in [0.05, 0.1) is 10.6 Å². The number of halogens is 1. The number of aryl methyl sites for hydroxylation is 2. The molecule has 0 fully saturated rings. The van der Waals surface area contributed by atoms with E-state index < -0.39 is 34.1 Å². The summed E-state index contributed by atoms with van der Waals surface area (Å²) in [4.78, 5) is 30.0. The van der Waals surface area contributed by atoms with E-state index >= 15 is 0 Å². The monoisotopic (exact) mass is 645 g/mol. The van der Waals surface area contributed by atoms with E-state index in [0.717, 1.165) is 26.6 Å². The van der Waals surface area contributed by atoms with Gasteiger partial charge in [0.25, 0.3) is 10.0 Å². The Morgan fingerprint density at radius 3 is 2.07 bits per heavy atom. The number of nitrogens with zero attached hydrogens (tertiary/aromatic N) is 2. The molecule has 0 radical (unpaired) electrons. The molecule has 4 aromatic carbocycles. The van der Waals surface area contributed by atoms with Crippen LogP contribution in [0, 0.1) is 13.8 Å². The second-order valence-electron chi connectivity index (χ2n) is 12.3. The SMILES string of the molecule is Cc1ccc(S(=O)(=O)N(CC(=O)N(Cc2cccc(C)c2)[C@@H](Cc2ccccc2)C(=O)NC(C)(C)C)c2cccc(Cl)c2)cc1. The van der Waals surface area contributed by atoms with Gasteiger partial charge < -0.3 is 10.2 Å². The van der Waals surface area contributed by atoms with Gasteiger partial charge in [-0.3, -0.25) is 13.9 Å². The van der Waals surface area contributed by atoms with Crippen LogP contribution in [0.25, 0.3) is 0 Å². The number of hydrogen-bond acceptors (Lipinski definition) is 4. The minimum Gasteiger partial charge on any atom is -0.350 e. The number of anilines is 1. The van der Waals surface area contributed by atoms with E-state index in [9.17, 15) is 18.0 Å². The zero-order valence-electron chi connectivity index (χ0n) is 26.3. The van der Waals surface area contributed by atoms with Crippen LogP contribution in [-0.2, 0) is 32.6 Å². The number of hydrogen-bond donors (Lipinski definition) is 1. The van der Waals surface area contributed by atoms with Crippen molar-refractivity contribution >= 4 is 39.1 Å². The van der Waals surface area contributed by atoms with E-state index in [1.54, 1.807) is 30.3 Å². The number of carbonyl (C=O) groups excluding carboxylic acids is 2. The Morgan fingerprint density at radius 2 is 1.44 bits per heavy atom. The Labute approximate surface area is 271 Å². The highest BCUT2D eigenvalue weighted by Crippen LogP contribution is 2.27. The zero-order valence-corrected chi connectivity index (χ0v) is 27.9. The summed E-state index contributed by atoms with van der Waals surface area (Å²) < 4.78 is 29.3. The number of rotatable bonds is 11. The van der Waals surface area contributed by atoms with Gasteiger partial charge in [-0.2, -0.15) is 0 Å². The van der Waals surface area contributed by atoms with E-state index in [0.29, 0.717) is 5.02 Å². The molecule has 0 saturated carbocycles. The summed E-state index contributed by atoms with van der Waals surface area (Å²) in [5, 5.41) is 3.37. The standard InChI is InChI=1S/C36H40ClN3O4S/c1-26-17-19-32(20-18-26)45(43,44)40(31-16-10-15-30(37)23-31)25-34(41)39(24-29-14-9-11-27(2)21-29)33(35(42)38-36(3,4)5)22-28-12-7-6-8-13-28/h6-21,23,33H,22,24-25H2,1-5H3,(H,38,42)/t33-/m0/s1. The van der Waals surface area contributed by atoms with Crippen molar-refractivity contribution in [2.45, 2.75) is 64.1 Å². The van der Waals surface area contributed by atoms with Gasteiger partial charge in [0.2, 0.25) is 11.8 Å². The highest BCUT2D eigenvalue weighted by molar-refractivity contribution is 7.92. The third-order valence-electron chi connectivity index (χ3n) is 7.19. The Balaban J connectivity index is 1.82. The predicted molar refractivity (Wildman–Crippen MR) is 181 cm³/mol.